The summed E-state index contributed by atoms with van der Waals surface area (Å²) in [6.45, 7) is 8.43. The van der Waals surface area contributed by atoms with Crippen LogP contribution in [0.2, 0.25) is 5.02 Å². The van der Waals surface area contributed by atoms with Crippen molar-refractivity contribution in [1.82, 2.24) is 9.21 Å². The first-order valence-electron chi connectivity index (χ1n) is 10.6. The van der Waals surface area contributed by atoms with Crippen LogP contribution in [0.1, 0.15) is 52.9 Å². The summed E-state index contributed by atoms with van der Waals surface area (Å²) in [4.78, 5) is 15.8. The number of hydrogen-bond acceptors (Lipinski definition) is 3. The van der Waals surface area contributed by atoms with E-state index in [9.17, 15) is 13.2 Å². The monoisotopic (exact) mass is 438 g/mol. The molecule has 1 saturated carbocycles. The van der Waals surface area contributed by atoms with Crippen molar-refractivity contribution in [1.29, 1.82) is 0 Å². The molecule has 7 heteroatoms. The van der Waals surface area contributed by atoms with Crippen molar-refractivity contribution in [3.05, 3.63) is 29.3 Å². The van der Waals surface area contributed by atoms with Crippen LogP contribution in [0.15, 0.2) is 29.2 Å². The zero-order valence-electron chi connectivity index (χ0n) is 17.5. The number of benzene rings is 1. The Balaban J connectivity index is 1.50. The van der Waals surface area contributed by atoms with E-state index >= 15 is 0 Å². The fourth-order valence-corrected chi connectivity index (χ4v) is 7.72. The molecule has 3 atom stereocenters. The highest BCUT2D eigenvalue weighted by Crippen LogP contribution is 2.52. The molecule has 2 aliphatic heterocycles. The average molecular weight is 439 g/mol. The summed E-state index contributed by atoms with van der Waals surface area (Å²) in [5.74, 6) is -0.107. The van der Waals surface area contributed by atoms with Gasteiger partial charge in [0.1, 0.15) is 0 Å². The molecular formula is C22H31ClN2O3S. The largest absolute Gasteiger partial charge is 0.339 e. The molecule has 0 radical (unpaired) electrons. The van der Waals surface area contributed by atoms with Gasteiger partial charge < -0.3 is 4.90 Å². The van der Waals surface area contributed by atoms with Gasteiger partial charge in [0, 0.05) is 30.7 Å². The van der Waals surface area contributed by atoms with Crippen LogP contribution in [-0.2, 0) is 14.8 Å². The van der Waals surface area contributed by atoms with E-state index in [0.717, 1.165) is 32.2 Å². The maximum absolute atomic E-state index is 13.4. The van der Waals surface area contributed by atoms with Crippen molar-refractivity contribution in [2.75, 3.05) is 19.6 Å². The molecule has 1 aromatic carbocycles. The first kappa shape index (κ1) is 21.1. The molecular weight excluding hydrogens is 408 g/mol. The Morgan fingerprint density at radius 2 is 1.83 bits per heavy atom. The van der Waals surface area contributed by atoms with E-state index in [0.29, 0.717) is 24.0 Å². The lowest BCUT2D eigenvalue weighted by molar-refractivity contribution is -0.137. The molecule has 3 aliphatic rings. The number of carbonyl (C=O) groups is 1. The Morgan fingerprint density at radius 1 is 1.14 bits per heavy atom. The average Bonchev–Trinajstić information content (AvgIpc) is 2.90. The second-order valence-corrected chi connectivity index (χ2v) is 12.7. The highest BCUT2D eigenvalue weighted by atomic mass is 35.5. The van der Waals surface area contributed by atoms with E-state index in [1.807, 2.05) is 0 Å². The molecule has 0 unspecified atom stereocenters. The van der Waals surface area contributed by atoms with Crippen LogP contribution >= 0.6 is 11.6 Å². The summed E-state index contributed by atoms with van der Waals surface area (Å²) in [6.07, 6.45) is 4.72. The smallest absolute Gasteiger partial charge is 0.243 e. The zero-order chi connectivity index (χ0) is 21.0. The van der Waals surface area contributed by atoms with Crippen LogP contribution in [0.4, 0.5) is 0 Å². The van der Waals surface area contributed by atoms with Gasteiger partial charge in [-0.1, -0.05) is 32.4 Å². The molecule has 2 heterocycles. The molecule has 160 valence electrons. The lowest BCUT2D eigenvalue weighted by Gasteiger charge is -2.40. The van der Waals surface area contributed by atoms with Crippen molar-refractivity contribution in [2.45, 2.75) is 63.8 Å². The molecule has 1 aromatic rings. The lowest BCUT2D eigenvalue weighted by atomic mass is 9.65. The molecule has 3 fully saturated rings. The number of halogens is 1. The predicted molar refractivity (Wildman–Crippen MR) is 114 cm³/mol. The number of amides is 1. The standard InChI is InChI=1S/C22H31ClN2O3S/c1-21(2)11-18-12-22(3,14-21)15-25(18)20(26)16-5-4-10-24(13-16)29(27,28)19-8-6-17(23)7-9-19/h6-9,16,18H,4-5,10-15H2,1-3H3/t16-,18+,22+/m1/s1. The number of fused-ring (bicyclic) bond motifs is 2. The van der Waals surface area contributed by atoms with Gasteiger partial charge in [-0.3, -0.25) is 4.79 Å². The Hall–Kier alpha value is -1.11. The molecule has 1 amide bonds. The number of likely N-dealkylation sites (tertiary alicyclic amines) is 1. The van der Waals surface area contributed by atoms with Crippen molar-refractivity contribution in [3.8, 4) is 0 Å². The number of nitrogens with zero attached hydrogens (tertiary/aromatic N) is 2. The van der Waals surface area contributed by atoms with Crippen LogP contribution in [0.5, 0.6) is 0 Å². The van der Waals surface area contributed by atoms with Gasteiger partial charge in [-0.15, -0.1) is 0 Å². The van der Waals surface area contributed by atoms with E-state index in [1.54, 1.807) is 12.1 Å². The number of hydrogen-bond donors (Lipinski definition) is 0. The van der Waals surface area contributed by atoms with Crippen molar-refractivity contribution >= 4 is 27.5 Å². The summed E-state index contributed by atoms with van der Waals surface area (Å²) >= 11 is 5.90. The summed E-state index contributed by atoms with van der Waals surface area (Å²) in [7, 11) is -3.61. The van der Waals surface area contributed by atoms with Gasteiger partial charge in [0.25, 0.3) is 0 Å². The van der Waals surface area contributed by atoms with E-state index in [1.165, 1.54) is 16.4 Å². The van der Waals surface area contributed by atoms with Gasteiger partial charge in [-0.05, 0) is 67.2 Å². The molecule has 5 nitrogen and oxygen atoms in total. The Morgan fingerprint density at radius 3 is 2.52 bits per heavy atom. The molecule has 0 spiro atoms. The highest BCUT2D eigenvalue weighted by molar-refractivity contribution is 7.89. The summed E-state index contributed by atoms with van der Waals surface area (Å²) in [5, 5.41) is 0.507. The van der Waals surface area contributed by atoms with Crippen LogP contribution in [0.25, 0.3) is 0 Å². The van der Waals surface area contributed by atoms with Gasteiger partial charge in [0.05, 0.1) is 10.8 Å². The van der Waals surface area contributed by atoms with Gasteiger partial charge in [-0.2, -0.15) is 4.31 Å². The molecule has 0 aromatic heterocycles. The van der Waals surface area contributed by atoms with Crippen molar-refractivity contribution < 1.29 is 13.2 Å². The molecule has 4 rings (SSSR count). The minimum absolute atomic E-state index is 0.146. The third-order valence-electron chi connectivity index (χ3n) is 6.88. The normalized spacial score (nSPS) is 32.3. The molecule has 29 heavy (non-hydrogen) atoms. The SMILES string of the molecule is CC1(C)C[C@H]2C[C@](C)(CN2C(=O)[C@@H]2CCCN(S(=O)(=O)c3ccc(Cl)cc3)C2)C1. The topological polar surface area (TPSA) is 57.7 Å². The number of carbonyl (C=O) groups excluding carboxylic acids is 1. The van der Waals surface area contributed by atoms with Crippen molar-refractivity contribution in [2.24, 2.45) is 16.7 Å². The van der Waals surface area contributed by atoms with Crippen LogP contribution < -0.4 is 0 Å². The van der Waals surface area contributed by atoms with Crippen LogP contribution in [-0.4, -0.2) is 49.2 Å². The molecule has 0 N–H and O–H groups in total. The van der Waals surface area contributed by atoms with E-state index in [4.69, 9.17) is 11.6 Å². The first-order chi connectivity index (χ1) is 13.5. The van der Waals surface area contributed by atoms with Gasteiger partial charge in [-0.25, -0.2) is 8.42 Å². The molecule has 2 bridgehead atoms. The quantitative estimate of drug-likeness (QED) is 0.711. The first-order valence-corrected chi connectivity index (χ1v) is 12.4. The molecule has 1 aliphatic carbocycles. The maximum atomic E-state index is 13.4. The van der Waals surface area contributed by atoms with Crippen LogP contribution in [0, 0.1) is 16.7 Å². The molecule has 2 saturated heterocycles. The predicted octanol–water partition coefficient (Wildman–Crippen LogP) is 4.17. The fourth-order valence-electron chi connectivity index (χ4n) is 6.07. The van der Waals surface area contributed by atoms with E-state index in [2.05, 4.69) is 25.7 Å². The maximum Gasteiger partial charge on any atom is 0.243 e. The third-order valence-corrected chi connectivity index (χ3v) is 9.01. The summed E-state index contributed by atoms with van der Waals surface area (Å²) < 4.78 is 27.6. The third kappa shape index (κ3) is 4.08. The second kappa shape index (κ2) is 7.24. The van der Waals surface area contributed by atoms with E-state index in [-0.39, 0.29) is 34.1 Å². The Labute approximate surface area is 179 Å². The second-order valence-electron chi connectivity index (χ2n) is 10.3. The highest BCUT2D eigenvalue weighted by Gasteiger charge is 2.52. The minimum Gasteiger partial charge on any atom is -0.339 e. The summed E-state index contributed by atoms with van der Waals surface area (Å²) in [6, 6.07) is 6.55. The van der Waals surface area contributed by atoms with Gasteiger partial charge in [0.2, 0.25) is 15.9 Å². The lowest BCUT2D eigenvalue weighted by Crippen LogP contribution is -2.48. The Kier molecular flexibility index (Phi) is 5.28. The number of rotatable bonds is 3. The minimum atomic E-state index is -3.61. The summed E-state index contributed by atoms with van der Waals surface area (Å²) in [5.41, 5.74) is 0.440. The number of piperidine rings is 1. The van der Waals surface area contributed by atoms with Gasteiger partial charge >= 0.3 is 0 Å². The van der Waals surface area contributed by atoms with Crippen LogP contribution in [0.3, 0.4) is 0 Å². The van der Waals surface area contributed by atoms with E-state index < -0.39 is 10.0 Å². The fraction of sp³-hybridized carbons (Fsp3) is 0.682. The Bertz CT molecular complexity index is 899. The number of sulfonamides is 1. The van der Waals surface area contributed by atoms with Crippen molar-refractivity contribution in [3.63, 3.8) is 0 Å². The zero-order valence-corrected chi connectivity index (χ0v) is 19.1. The van der Waals surface area contributed by atoms with Gasteiger partial charge in [0.15, 0.2) is 0 Å².